The van der Waals surface area contributed by atoms with Crippen LogP contribution in [0, 0.1) is 0 Å². The lowest BCUT2D eigenvalue weighted by molar-refractivity contribution is 0.450. The molecule has 0 bridgehead atoms. The topological polar surface area (TPSA) is 67.2 Å². The fraction of sp³-hybridized carbons (Fsp3) is 0.727. The fourth-order valence-corrected chi connectivity index (χ4v) is 2.41. The van der Waals surface area contributed by atoms with E-state index in [0.717, 1.165) is 6.54 Å². The molecule has 0 aliphatic rings. The lowest BCUT2D eigenvalue weighted by Crippen LogP contribution is -2.33. The van der Waals surface area contributed by atoms with Gasteiger partial charge in [-0.05, 0) is 26.0 Å². The van der Waals surface area contributed by atoms with Gasteiger partial charge in [-0.15, -0.1) is 0 Å². The Kier molecular flexibility index (Phi) is 5.77. The second kappa shape index (κ2) is 6.86. The van der Waals surface area contributed by atoms with Crippen LogP contribution < -0.4 is 5.32 Å². The molecule has 18 heavy (non-hydrogen) atoms. The molecule has 0 radical (unpaired) electrons. The highest BCUT2D eigenvalue weighted by Crippen LogP contribution is 1.97. The summed E-state index contributed by atoms with van der Waals surface area (Å²) in [5.74, 6) is 0.182. The van der Waals surface area contributed by atoms with Gasteiger partial charge in [-0.3, -0.25) is 4.68 Å². The van der Waals surface area contributed by atoms with Crippen LogP contribution in [0.15, 0.2) is 18.5 Å². The van der Waals surface area contributed by atoms with E-state index in [1.54, 1.807) is 20.3 Å². The van der Waals surface area contributed by atoms with E-state index in [9.17, 15) is 8.42 Å². The minimum atomic E-state index is -3.07. The maximum Gasteiger partial charge on any atom is 0.213 e. The van der Waals surface area contributed by atoms with Gasteiger partial charge in [0.2, 0.25) is 10.0 Å². The summed E-state index contributed by atoms with van der Waals surface area (Å²) < 4.78 is 26.2. The molecule has 0 spiro atoms. The van der Waals surface area contributed by atoms with Gasteiger partial charge in [-0.2, -0.15) is 5.10 Å². The zero-order valence-electron chi connectivity index (χ0n) is 11.2. The van der Waals surface area contributed by atoms with Crippen molar-refractivity contribution >= 4 is 10.0 Å². The Hall–Kier alpha value is -0.920. The van der Waals surface area contributed by atoms with Crippen molar-refractivity contribution < 1.29 is 8.42 Å². The van der Waals surface area contributed by atoms with Gasteiger partial charge in [0, 0.05) is 32.5 Å². The molecule has 1 N–H and O–H groups in total. The molecule has 1 aromatic rings. The van der Waals surface area contributed by atoms with E-state index >= 15 is 0 Å². The van der Waals surface area contributed by atoms with Gasteiger partial charge in [0.1, 0.15) is 0 Å². The first-order valence-electron chi connectivity index (χ1n) is 6.03. The number of nitrogens with one attached hydrogen (secondary N) is 1. The molecule has 1 aromatic heterocycles. The van der Waals surface area contributed by atoms with Gasteiger partial charge >= 0.3 is 0 Å². The average molecular weight is 274 g/mol. The number of hydrogen-bond acceptors (Lipinski definition) is 4. The van der Waals surface area contributed by atoms with Crippen molar-refractivity contribution in [1.82, 2.24) is 19.4 Å². The quantitative estimate of drug-likeness (QED) is 0.685. The third-order valence-corrected chi connectivity index (χ3v) is 4.57. The first-order valence-corrected chi connectivity index (χ1v) is 7.64. The zero-order valence-corrected chi connectivity index (χ0v) is 12.0. The summed E-state index contributed by atoms with van der Waals surface area (Å²) in [4.78, 5) is 0. The summed E-state index contributed by atoms with van der Waals surface area (Å²) in [5, 5.41) is 7.41. The molecule has 0 aliphatic carbocycles. The van der Waals surface area contributed by atoms with Crippen molar-refractivity contribution in [2.24, 2.45) is 0 Å². The van der Waals surface area contributed by atoms with Gasteiger partial charge in [-0.25, -0.2) is 12.7 Å². The minimum absolute atomic E-state index is 0.182. The Balaban J connectivity index is 2.18. The maximum atomic E-state index is 11.5. The Bertz CT molecular complexity index is 428. The van der Waals surface area contributed by atoms with E-state index in [1.807, 2.05) is 16.9 Å². The summed E-state index contributed by atoms with van der Waals surface area (Å²) in [6.07, 6.45) is 4.27. The molecule has 0 saturated heterocycles. The number of sulfonamides is 1. The summed E-state index contributed by atoms with van der Waals surface area (Å²) in [7, 11) is 0.0470. The van der Waals surface area contributed by atoms with E-state index in [0.29, 0.717) is 13.0 Å². The highest BCUT2D eigenvalue weighted by atomic mass is 32.2. The second-order valence-corrected chi connectivity index (χ2v) is 6.84. The van der Waals surface area contributed by atoms with Crippen molar-refractivity contribution in [2.75, 3.05) is 26.4 Å². The van der Waals surface area contributed by atoms with Gasteiger partial charge < -0.3 is 5.32 Å². The van der Waals surface area contributed by atoms with Crippen LogP contribution in [0.2, 0.25) is 0 Å². The van der Waals surface area contributed by atoms with E-state index in [-0.39, 0.29) is 11.8 Å². The molecule has 0 aromatic carbocycles. The molecule has 0 aliphatic heterocycles. The third-order valence-electron chi connectivity index (χ3n) is 2.65. The van der Waals surface area contributed by atoms with Crippen LogP contribution in [0.1, 0.15) is 13.3 Å². The molecule has 7 heteroatoms. The van der Waals surface area contributed by atoms with E-state index in [4.69, 9.17) is 0 Å². The van der Waals surface area contributed by atoms with Crippen LogP contribution in [-0.4, -0.2) is 54.9 Å². The molecule has 0 saturated carbocycles. The summed E-state index contributed by atoms with van der Waals surface area (Å²) in [5.41, 5.74) is 0. The summed E-state index contributed by atoms with van der Waals surface area (Å²) in [6, 6.07) is 2.16. The highest BCUT2D eigenvalue weighted by molar-refractivity contribution is 7.89. The van der Waals surface area contributed by atoms with Crippen LogP contribution in [0.3, 0.4) is 0 Å². The molecular weight excluding hydrogens is 252 g/mol. The Morgan fingerprint density at radius 3 is 2.72 bits per heavy atom. The molecule has 1 atom stereocenters. The van der Waals surface area contributed by atoms with Gasteiger partial charge in [0.15, 0.2) is 0 Å². The van der Waals surface area contributed by atoms with Crippen molar-refractivity contribution in [3.05, 3.63) is 18.5 Å². The molecular formula is C11H22N4O2S. The van der Waals surface area contributed by atoms with Gasteiger partial charge in [0.05, 0.1) is 12.3 Å². The summed E-state index contributed by atoms with van der Waals surface area (Å²) in [6.45, 7) is 3.53. The number of nitrogens with zero attached hydrogens (tertiary/aromatic N) is 3. The Labute approximate surface area is 109 Å². The molecule has 6 nitrogen and oxygen atoms in total. The molecule has 0 amide bonds. The SMILES string of the molecule is C[C@@H](Cn1cccn1)NCCCS(=O)(=O)N(C)C. The monoisotopic (exact) mass is 274 g/mol. The number of aromatic nitrogens is 2. The standard InChI is InChI=1S/C11H22N4O2S/c1-11(10-15-8-4-7-13-15)12-6-5-9-18(16,17)14(2)3/h4,7-8,11-12H,5-6,9-10H2,1-3H3/t11-/m0/s1. The van der Waals surface area contributed by atoms with Crippen LogP contribution in [-0.2, 0) is 16.6 Å². The van der Waals surface area contributed by atoms with Gasteiger partial charge in [0.25, 0.3) is 0 Å². The normalized spacial score (nSPS) is 14.0. The number of hydrogen-bond donors (Lipinski definition) is 1. The van der Waals surface area contributed by atoms with Crippen LogP contribution in [0.25, 0.3) is 0 Å². The largest absolute Gasteiger partial charge is 0.312 e. The molecule has 0 unspecified atom stereocenters. The fourth-order valence-electron chi connectivity index (χ4n) is 1.54. The van der Waals surface area contributed by atoms with Crippen molar-refractivity contribution in [1.29, 1.82) is 0 Å². The Morgan fingerprint density at radius 1 is 1.44 bits per heavy atom. The highest BCUT2D eigenvalue weighted by Gasteiger charge is 2.12. The van der Waals surface area contributed by atoms with Crippen LogP contribution >= 0.6 is 0 Å². The first kappa shape index (κ1) is 15.1. The van der Waals surface area contributed by atoms with Crippen molar-refractivity contribution in [3.63, 3.8) is 0 Å². The zero-order chi connectivity index (χ0) is 13.6. The van der Waals surface area contributed by atoms with E-state index in [1.165, 1.54) is 4.31 Å². The average Bonchev–Trinajstić information content (AvgIpc) is 2.77. The van der Waals surface area contributed by atoms with Crippen molar-refractivity contribution in [3.8, 4) is 0 Å². The predicted molar refractivity (Wildman–Crippen MR) is 71.8 cm³/mol. The van der Waals surface area contributed by atoms with Gasteiger partial charge in [-0.1, -0.05) is 0 Å². The smallest absolute Gasteiger partial charge is 0.213 e. The molecule has 1 rings (SSSR count). The molecule has 104 valence electrons. The predicted octanol–water partition coefficient (Wildman–Crippen LogP) is 0.143. The molecule has 0 fully saturated rings. The summed E-state index contributed by atoms with van der Waals surface area (Å²) >= 11 is 0. The molecule has 1 heterocycles. The first-order chi connectivity index (χ1) is 8.42. The number of rotatable bonds is 8. The lowest BCUT2D eigenvalue weighted by atomic mass is 10.3. The lowest BCUT2D eigenvalue weighted by Gasteiger charge is -2.15. The third kappa shape index (κ3) is 5.16. The van der Waals surface area contributed by atoms with E-state index < -0.39 is 10.0 Å². The maximum absolute atomic E-state index is 11.5. The van der Waals surface area contributed by atoms with E-state index in [2.05, 4.69) is 17.3 Å². The van der Waals surface area contributed by atoms with Crippen LogP contribution in [0.4, 0.5) is 0 Å². The second-order valence-electron chi connectivity index (χ2n) is 4.54. The van der Waals surface area contributed by atoms with Crippen molar-refractivity contribution in [2.45, 2.75) is 25.9 Å². The Morgan fingerprint density at radius 2 is 2.17 bits per heavy atom. The van der Waals surface area contributed by atoms with Crippen LogP contribution in [0.5, 0.6) is 0 Å². The minimum Gasteiger partial charge on any atom is -0.312 e.